The van der Waals surface area contributed by atoms with Crippen LogP contribution < -0.4 is 5.32 Å². The lowest BCUT2D eigenvalue weighted by molar-refractivity contribution is -0.127. The highest BCUT2D eigenvalue weighted by Crippen LogP contribution is 2.15. The maximum atomic E-state index is 11.2. The molecule has 0 spiro atoms. The molecule has 1 atom stereocenters. The van der Waals surface area contributed by atoms with Gasteiger partial charge < -0.3 is 5.32 Å². The van der Waals surface area contributed by atoms with E-state index >= 15 is 0 Å². The molecule has 0 aromatic rings. The summed E-state index contributed by atoms with van der Waals surface area (Å²) >= 11 is 0. The zero-order chi connectivity index (χ0) is 9.35. The zero-order valence-electron chi connectivity index (χ0n) is 8.35. The molecule has 1 N–H and O–H groups in total. The van der Waals surface area contributed by atoms with E-state index in [2.05, 4.69) is 31.0 Å². The molecule has 1 heterocycles. The molecule has 1 fully saturated rings. The smallest absolute Gasteiger partial charge is 0.234 e. The summed E-state index contributed by atoms with van der Waals surface area (Å²) in [5, 5.41) is 2.90. The first-order valence-corrected chi connectivity index (χ1v) is 4.44. The lowest BCUT2D eigenvalue weighted by Crippen LogP contribution is -2.58. The monoisotopic (exact) mass is 170 g/mol. The summed E-state index contributed by atoms with van der Waals surface area (Å²) in [6, 6.07) is 0.283. The third-order valence-corrected chi connectivity index (χ3v) is 2.18. The van der Waals surface area contributed by atoms with Crippen LogP contribution in [0.15, 0.2) is 0 Å². The molecule has 1 aliphatic heterocycles. The minimum absolute atomic E-state index is 0.103. The number of rotatable bonds is 0. The molecule has 0 saturated carbocycles. The van der Waals surface area contributed by atoms with Gasteiger partial charge >= 0.3 is 0 Å². The van der Waals surface area contributed by atoms with Crippen molar-refractivity contribution >= 4 is 5.91 Å². The summed E-state index contributed by atoms with van der Waals surface area (Å²) in [5.41, 5.74) is 0.103. The van der Waals surface area contributed by atoms with Crippen LogP contribution in [0.3, 0.4) is 0 Å². The minimum atomic E-state index is 0.103. The Balaban J connectivity index is 2.62. The number of piperazine rings is 1. The van der Waals surface area contributed by atoms with Gasteiger partial charge in [-0.25, -0.2) is 0 Å². The standard InChI is InChI=1S/C9H18N2O/c1-7-5-11(9(2,3)4)6-8(12)10-7/h7H,5-6H2,1-4H3,(H,10,12)/t7-/m1/s1. The Morgan fingerprint density at radius 2 is 2.08 bits per heavy atom. The third-order valence-electron chi connectivity index (χ3n) is 2.18. The maximum absolute atomic E-state index is 11.2. The molecule has 3 heteroatoms. The van der Waals surface area contributed by atoms with Crippen molar-refractivity contribution in [3.8, 4) is 0 Å². The average Bonchev–Trinajstić information content (AvgIpc) is 1.82. The fourth-order valence-corrected chi connectivity index (χ4v) is 1.45. The Labute approximate surface area is 74.1 Å². The normalized spacial score (nSPS) is 27.0. The molecule has 1 amide bonds. The molecular formula is C9H18N2O. The lowest BCUT2D eigenvalue weighted by Gasteiger charge is -2.40. The van der Waals surface area contributed by atoms with Crippen LogP contribution in [0, 0.1) is 0 Å². The van der Waals surface area contributed by atoms with E-state index in [-0.39, 0.29) is 17.5 Å². The number of nitrogens with one attached hydrogen (secondary N) is 1. The maximum Gasteiger partial charge on any atom is 0.234 e. The quantitative estimate of drug-likeness (QED) is 0.577. The van der Waals surface area contributed by atoms with Crippen molar-refractivity contribution in [3.05, 3.63) is 0 Å². The number of nitrogens with zero attached hydrogens (tertiary/aromatic N) is 1. The SMILES string of the molecule is C[C@@H]1CN(C(C)(C)C)CC(=O)N1. The summed E-state index contributed by atoms with van der Waals surface area (Å²) in [6.07, 6.45) is 0. The molecule has 0 aromatic heterocycles. The summed E-state index contributed by atoms with van der Waals surface area (Å²) in [5.74, 6) is 0.142. The Hall–Kier alpha value is -0.570. The molecule has 1 saturated heterocycles. The van der Waals surface area contributed by atoms with E-state index in [4.69, 9.17) is 0 Å². The van der Waals surface area contributed by atoms with Gasteiger partial charge in [-0.3, -0.25) is 9.69 Å². The predicted molar refractivity (Wildman–Crippen MR) is 48.9 cm³/mol. The van der Waals surface area contributed by atoms with Crippen LogP contribution in [0.2, 0.25) is 0 Å². The van der Waals surface area contributed by atoms with E-state index in [0.717, 1.165) is 6.54 Å². The fourth-order valence-electron chi connectivity index (χ4n) is 1.45. The van der Waals surface area contributed by atoms with Crippen molar-refractivity contribution < 1.29 is 4.79 Å². The van der Waals surface area contributed by atoms with E-state index in [9.17, 15) is 4.79 Å². The molecular weight excluding hydrogens is 152 g/mol. The van der Waals surface area contributed by atoms with Gasteiger partial charge in [-0.05, 0) is 27.7 Å². The highest BCUT2D eigenvalue weighted by Gasteiger charge is 2.29. The van der Waals surface area contributed by atoms with Gasteiger partial charge in [-0.2, -0.15) is 0 Å². The van der Waals surface area contributed by atoms with E-state index in [1.165, 1.54) is 0 Å². The van der Waals surface area contributed by atoms with E-state index in [0.29, 0.717) is 6.54 Å². The predicted octanol–water partition coefficient (Wildman–Crippen LogP) is 0.605. The lowest BCUT2D eigenvalue weighted by atomic mass is 10.0. The van der Waals surface area contributed by atoms with Crippen molar-refractivity contribution in [1.82, 2.24) is 10.2 Å². The van der Waals surface area contributed by atoms with Crippen LogP contribution in [-0.2, 0) is 4.79 Å². The van der Waals surface area contributed by atoms with Gasteiger partial charge in [0.05, 0.1) is 6.54 Å². The van der Waals surface area contributed by atoms with Crippen molar-refractivity contribution in [2.24, 2.45) is 0 Å². The van der Waals surface area contributed by atoms with Gasteiger partial charge in [0.25, 0.3) is 0 Å². The number of hydrogen-bond acceptors (Lipinski definition) is 2. The van der Waals surface area contributed by atoms with Gasteiger partial charge in [0.15, 0.2) is 0 Å². The van der Waals surface area contributed by atoms with Crippen molar-refractivity contribution in [2.45, 2.75) is 39.3 Å². The van der Waals surface area contributed by atoms with Gasteiger partial charge in [0.1, 0.15) is 0 Å². The molecule has 3 nitrogen and oxygen atoms in total. The Bertz CT molecular complexity index is 183. The van der Waals surface area contributed by atoms with E-state index in [1.54, 1.807) is 0 Å². The van der Waals surface area contributed by atoms with Gasteiger partial charge in [0.2, 0.25) is 5.91 Å². The molecule has 0 radical (unpaired) electrons. The van der Waals surface area contributed by atoms with Gasteiger partial charge in [-0.1, -0.05) is 0 Å². The number of carbonyl (C=O) groups is 1. The van der Waals surface area contributed by atoms with Gasteiger partial charge in [-0.15, -0.1) is 0 Å². The summed E-state index contributed by atoms with van der Waals surface area (Å²) < 4.78 is 0. The van der Waals surface area contributed by atoms with Crippen LogP contribution in [0.25, 0.3) is 0 Å². The molecule has 12 heavy (non-hydrogen) atoms. The second-order valence-electron chi connectivity index (χ2n) is 4.52. The molecule has 0 aromatic carbocycles. The Morgan fingerprint density at radius 3 is 2.50 bits per heavy atom. The molecule has 0 unspecified atom stereocenters. The second kappa shape index (κ2) is 3.05. The summed E-state index contributed by atoms with van der Waals surface area (Å²) in [6.45, 7) is 9.94. The second-order valence-corrected chi connectivity index (χ2v) is 4.52. The summed E-state index contributed by atoms with van der Waals surface area (Å²) in [7, 11) is 0. The van der Waals surface area contributed by atoms with Crippen LogP contribution in [0.5, 0.6) is 0 Å². The minimum Gasteiger partial charge on any atom is -0.351 e. The molecule has 70 valence electrons. The fraction of sp³-hybridized carbons (Fsp3) is 0.889. The average molecular weight is 170 g/mol. The Kier molecular flexibility index (Phi) is 2.42. The highest BCUT2D eigenvalue weighted by molar-refractivity contribution is 5.79. The van der Waals surface area contributed by atoms with Gasteiger partial charge in [0, 0.05) is 18.1 Å². The zero-order valence-corrected chi connectivity index (χ0v) is 8.35. The van der Waals surface area contributed by atoms with Crippen molar-refractivity contribution in [3.63, 3.8) is 0 Å². The van der Waals surface area contributed by atoms with Crippen LogP contribution >= 0.6 is 0 Å². The topological polar surface area (TPSA) is 32.3 Å². The van der Waals surface area contributed by atoms with E-state index in [1.807, 2.05) is 6.92 Å². The first-order chi connectivity index (χ1) is 5.39. The van der Waals surface area contributed by atoms with Crippen molar-refractivity contribution in [1.29, 1.82) is 0 Å². The first kappa shape index (κ1) is 9.52. The third kappa shape index (κ3) is 2.21. The van der Waals surface area contributed by atoms with E-state index < -0.39 is 0 Å². The van der Waals surface area contributed by atoms with Crippen LogP contribution in [0.4, 0.5) is 0 Å². The molecule has 0 aliphatic carbocycles. The van der Waals surface area contributed by atoms with Crippen LogP contribution in [0.1, 0.15) is 27.7 Å². The van der Waals surface area contributed by atoms with Crippen molar-refractivity contribution in [2.75, 3.05) is 13.1 Å². The largest absolute Gasteiger partial charge is 0.351 e. The number of amides is 1. The molecule has 0 bridgehead atoms. The first-order valence-electron chi connectivity index (χ1n) is 4.44. The number of carbonyl (C=O) groups excluding carboxylic acids is 1. The highest BCUT2D eigenvalue weighted by atomic mass is 16.2. The summed E-state index contributed by atoms with van der Waals surface area (Å²) in [4.78, 5) is 13.4. The van der Waals surface area contributed by atoms with Crippen LogP contribution in [-0.4, -0.2) is 35.5 Å². The number of hydrogen-bond donors (Lipinski definition) is 1. The molecule has 1 aliphatic rings. The molecule has 1 rings (SSSR count). The Morgan fingerprint density at radius 1 is 1.50 bits per heavy atom.